The number of aromatic nitrogens is 2. The van der Waals surface area contributed by atoms with Gasteiger partial charge in [0.05, 0.1) is 12.4 Å². The van der Waals surface area contributed by atoms with Crippen LogP contribution in [0.15, 0.2) is 71.5 Å². The molecule has 0 bridgehead atoms. The van der Waals surface area contributed by atoms with E-state index in [-0.39, 0.29) is 5.91 Å². The predicted molar refractivity (Wildman–Crippen MR) is 98.6 cm³/mol. The summed E-state index contributed by atoms with van der Waals surface area (Å²) in [4.78, 5) is 22.5. The van der Waals surface area contributed by atoms with Crippen LogP contribution in [0.3, 0.4) is 0 Å². The fraction of sp³-hybridized carbons (Fsp3) is 0.0556. The van der Waals surface area contributed by atoms with Gasteiger partial charge in [-0.2, -0.15) is 0 Å². The van der Waals surface area contributed by atoms with Crippen LogP contribution in [0.4, 0.5) is 17.2 Å². The maximum Gasteiger partial charge on any atom is 0.278 e. The van der Waals surface area contributed by atoms with Gasteiger partial charge >= 0.3 is 0 Å². The maximum atomic E-state index is 12.4. The quantitative estimate of drug-likeness (QED) is 0.732. The number of nitrogens with one attached hydrogen (secondary N) is 1. The summed E-state index contributed by atoms with van der Waals surface area (Å²) in [5.41, 5.74) is 2.00. The Bertz CT molecular complexity index is 820. The van der Waals surface area contributed by atoms with Crippen molar-refractivity contribution >= 4 is 39.0 Å². The normalized spacial score (nSPS) is 10.2. The summed E-state index contributed by atoms with van der Waals surface area (Å²) in [6, 6.07) is 17.1. The number of amides is 1. The van der Waals surface area contributed by atoms with Gasteiger partial charge in [-0.1, -0.05) is 34.1 Å². The van der Waals surface area contributed by atoms with Crippen molar-refractivity contribution in [2.75, 3.05) is 17.3 Å². The number of nitrogens with zero attached hydrogens (tertiary/aromatic N) is 3. The molecular weight excluding hydrogens is 368 g/mol. The van der Waals surface area contributed by atoms with E-state index < -0.39 is 0 Å². The average molecular weight is 383 g/mol. The average Bonchev–Trinajstić information content (AvgIpc) is 2.64. The van der Waals surface area contributed by atoms with Gasteiger partial charge in [0.15, 0.2) is 0 Å². The summed E-state index contributed by atoms with van der Waals surface area (Å²) in [5, 5.41) is 3.14. The number of anilines is 3. The van der Waals surface area contributed by atoms with Crippen LogP contribution < -0.4 is 10.2 Å². The van der Waals surface area contributed by atoms with E-state index in [1.165, 1.54) is 6.20 Å². The van der Waals surface area contributed by atoms with Crippen LogP contribution in [0.2, 0.25) is 0 Å². The van der Waals surface area contributed by atoms with Crippen molar-refractivity contribution in [2.45, 2.75) is 0 Å². The van der Waals surface area contributed by atoms with E-state index in [0.717, 1.165) is 15.8 Å². The van der Waals surface area contributed by atoms with Crippen molar-refractivity contribution in [3.8, 4) is 0 Å². The van der Waals surface area contributed by atoms with E-state index in [2.05, 4.69) is 31.2 Å². The fourth-order valence-corrected chi connectivity index (χ4v) is 2.39. The number of benzene rings is 2. The van der Waals surface area contributed by atoms with Crippen LogP contribution in [0.1, 0.15) is 10.5 Å². The first-order valence-corrected chi connectivity index (χ1v) is 8.10. The van der Waals surface area contributed by atoms with Crippen molar-refractivity contribution in [3.05, 3.63) is 77.2 Å². The van der Waals surface area contributed by atoms with Gasteiger partial charge in [0.1, 0.15) is 11.5 Å². The third-order valence-corrected chi connectivity index (χ3v) is 3.96. The second-order valence-corrected chi connectivity index (χ2v) is 6.03. The minimum absolute atomic E-state index is 0.205. The van der Waals surface area contributed by atoms with Gasteiger partial charge < -0.3 is 10.2 Å². The summed E-state index contributed by atoms with van der Waals surface area (Å²) < 4.78 is 1.00. The van der Waals surface area contributed by atoms with E-state index in [1.54, 1.807) is 18.1 Å². The Balaban J connectivity index is 1.72. The van der Waals surface area contributed by atoms with Gasteiger partial charge in [-0.3, -0.25) is 4.79 Å². The number of para-hydroxylation sites is 1. The smallest absolute Gasteiger partial charge is 0.278 e. The lowest BCUT2D eigenvalue weighted by molar-refractivity contribution is 0.0988. The fourth-order valence-electron chi connectivity index (χ4n) is 2.12. The molecule has 0 spiro atoms. The molecule has 0 fully saturated rings. The lowest BCUT2D eigenvalue weighted by Crippen LogP contribution is -2.27. The van der Waals surface area contributed by atoms with Crippen molar-refractivity contribution < 1.29 is 4.79 Å². The van der Waals surface area contributed by atoms with Gasteiger partial charge in [-0.15, -0.1) is 0 Å². The molecule has 0 saturated heterocycles. The monoisotopic (exact) mass is 382 g/mol. The zero-order chi connectivity index (χ0) is 16.9. The second-order valence-electron chi connectivity index (χ2n) is 5.12. The molecule has 1 aromatic heterocycles. The van der Waals surface area contributed by atoms with Crippen molar-refractivity contribution in [3.63, 3.8) is 0 Å². The first-order valence-electron chi connectivity index (χ1n) is 7.31. The first-order chi connectivity index (χ1) is 11.6. The number of hydrogen-bond acceptors (Lipinski definition) is 4. The molecule has 3 rings (SSSR count). The second kappa shape index (κ2) is 7.23. The maximum absolute atomic E-state index is 12.4. The molecule has 0 saturated carbocycles. The Hall–Kier alpha value is -2.73. The molecule has 2 aromatic carbocycles. The molecule has 0 aliphatic heterocycles. The highest BCUT2D eigenvalue weighted by molar-refractivity contribution is 9.10. The van der Waals surface area contributed by atoms with E-state index in [9.17, 15) is 4.79 Å². The summed E-state index contributed by atoms with van der Waals surface area (Å²) in [6.45, 7) is 0. The highest BCUT2D eigenvalue weighted by Crippen LogP contribution is 2.18. The molecule has 120 valence electrons. The highest BCUT2D eigenvalue weighted by atomic mass is 79.9. The number of carbonyl (C=O) groups is 1. The van der Waals surface area contributed by atoms with E-state index in [1.807, 2.05) is 54.6 Å². The van der Waals surface area contributed by atoms with Crippen molar-refractivity contribution in [1.82, 2.24) is 9.97 Å². The van der Waals surface area contributed by atoms with Gasteiger partial charge in [0, 0.05) is 22.9 Å². The number of rotatable bonds is 4. The largest absolute Gasteiger partial charge is 0.339 e. The molecule has 1 N–H and O–H groups in total. The topological polar surface area (TPSA) is 58.1 Å². The van der Waals surface area contributed by atoms with E-state index in [4.69, 9.17) is 0 Å². The van der Waals surface area contributed by atoms with Gasteiger partial charge in [0.2, 0.25) is 0 Å². The molecule has 1 heterocycles. The van der Waals surface area contributed by atoms with Crippen molar-refractivity contribution in [1.29, 1.82) is 0 Å². The van der Waals surface area contributed by atoms with Crippen LogP contribution in [-0.2, 0) is 0 Å². The number of carbonyl (C=O) groups excluding carboxylic acids is 1. The highest BCUT2D eigenvalue weighted by Gasteiger charge is 2.15. The Morgan fingerprint density at radius 3 is 2.33 bits per heavy atom. The molecule has 0 aliphatic rings. The molecule has 0 atom stereocenters. The summed E-state index contributed by atoms with van der Waals surface area (Å²) >= 11 is 3.39. The minimum Gasteiger partial charge on any atom is -0.339 e. The van der Waals surface area contributed by atoms with Crippen LogP contribution in [0, 0.1) is 0 Å². The summed E-state index contributed by atoms with van der Waals surface area (Å²) in [6.07, 6.45) is 3.02. The number of hydrogen-bond donors (Lipinski definition) is 1. The lowest BCUT2D eigenvalue weighted by Gasteiger charge is -2.16. The SMILES string of the molecule is CN(C(=O)c1cnc(Nc2ccc(Br)cc2)cn1)c1ccccc1. The molecule has 24 heavy (non-hydrogen) atoms. The van der Waals surface area contributed by atoms with Crippen LogP contribution >= 0.6 is 15.9 Å². The van der Waals surface area contributed by atoms with Crippen LogP contribution in [0.5, 0.6) is 0 Å². The number of halogens is 1. The van der Waals surface area contributed by atoms with Gasteiger partial charge in [-0.25, -0.2) is 9.97 Å². The molecule has 0 aliphatic carbocycles. The third kappa shape index (κ3) is 3.78. The molecule has 0 unspecified atom stereocenters. The van der Waals surface area contributed by atoms with E-state index >= 15 is 0 Å². The van der Waals surface area contributed by atoms with Gasteiger partial charge in [-0.05, 0) is 36.4 Å². The predicted octanol–water partition coefficient (Wildman–Crippen LogP) is 4.26. The Morgan fingerprint density at radius 2 is 1.71 bits per heavy atom. The van der Waals surface area contributed by atoms with Crippen molar-refractivity contribution in [2.24, 2.45) is 0 Å². The standard InChI is InChI=1S/C18H15BrN4O/c1-23(15-5-3-2-4-6-15)18(24)16-11-21-17(12-20-16)22-14-9-7-13(19)8-10-14/h2-12H,1H3,(H,21,22). The molecule has 6 heteroatoms. The summed E-state index contributed by atoms with van der Waals surface area (Å²) in [7, 11) is 1.72. The zero-order valence-electron chi connectivity index (χ0n) is 13.0. The van der Waals surface area contributed by atoms with Gasteiger partial charge in [0.25, 0.3) is 5.91 Å². The Morgan fingerprint density at radius 1 is 1.00 bits per heavy atom. The molecule has 1 amide bonds. The molecule has 3 aromatic rings. The van der Waals surface area contributed by atoms with E-state index in [0.29, 0.717) is 11.5 Å². The Kier molecular flexibility index (Phi) is 4.86. The molecular formula is C18H15BrN4O. The summed E-state index contributed by atoms with van der Waals surface area (Å²) in [5.74, 6) is 0.375. The zero-order valence-corrected chi connectivity index (χ0v) is 14.6. The first kappa shape index (κ1) is 16.1. The van der Waals surface area contributed by atoms with Crippen LogP contribution in [0.25, 0.3) is 0 Å². The third-order valence-electron chi connectivity index (χ3n) is 3.44. The minimum atomic E-state index is -0.205. The molecule has 0 radical (unpaired) electrons. The molecule has 5 nitrogen and oxygen atoms in total. The Labute approximate surface area is 148 Å². The van der Waals surface area contributed by atoms with Crippen LogP contribution in [-0.4, -0.2) is 22.9 Å². The lowest BCUT2D eigenvalue weighted by atomic mass is 10.3.